The van der Waals surface area contributed by atoms with Crippen LogP contribution in [-0.4, -0.2) is 10.2 Å². The Morgan fingerprint density at radius 3 is 2.17 bits per heavy atom. The lowest BCUT2D eigenvalue weighted by molar-refractivity contribution is -0.122. The zero-order chi connectivity index (χ0) is 9.72. The van der Waals surface area contributed by atoms with E-state index in [2.05, 4.69) is 12.8 Å². The molecule has 4 heteroatoms. The monoisotopic (exact) mass is 207 g/mol. The standard InChI is InChI=1S/C8H14ClNOS/c1-4-7(9)8(5-2)10(12)6(3)11/h12H,4-5H2,1-3H3/b8-7+. The number of hydrogen-bond donors (Lipinski definition) is 1. The fraction of sp³-hybridized carbons (Fsp3) is 0.625. The van der Waals surface area contributed by atoms with E-state index in [0.717, 1.165) is 18.5 Å². The third kappa shape index (κ3) is 3.07. The Labute approximate surface area is 84.1 Å². The van der Waals surface area contributed by atoms with Gasteiger partial charge < -0.3 is 0 Å². The molecule has 0 heterocycles. The minimum absolute atomic E-state index is 0.109. The number of rotatable bonds is 3. The Kier molecular flexibility index (Phi) is 5.42. The predicted octanol–water partition coefficient (Wildman–Crippen LogP) is 2.95. The van der Waals surface area contributed by atoms with Crippen molar-refractivity contribution >= 4 is 30.3 Å². The number of amides is 1. The van der Waals surface area contributed by atoms with E-state index in [1.54, 1.807) is 0 Å². The lowest BCUT2D eigenvalue weighted by Crippen LogP contribution is -2.18. The van der Waals surface area contributed by atoms with Crippen LogP contribution in [0.15, 0.2) is 10.7 Å². The number of thiol groups is 1. The van der Waals surface area contributed by atoms with Gasteiger partial charge in [-0.2, -0.15) is 0 Å². The molecule has 0 aromatic rings. The van der Waals surface area contributed by atoms with Gasteiger partial charge >= 0.3 is 0 Å². The fourth-order valence-electron chi connectivity index (χ4n) is 0.851. The van der Waals surface area contributed by atoms with Crippen LogP contribution < -0.4 is 0 Å². The lowest BCUT2D eigenvalue weighted by Gasteiger charge is -2.17. The summed E-state index contributed by atoms with van der Waals surface area (Å²) in [5, 5.41) is 0.697. The third-order valence-corrected chi connectivity index (χ3v) is 2.52. The van der Waals surface area contributed by atoms with Crippen LogP contribution in [0.1, 0.15) is 33.6 Å². The highest BCUT2D eigenvalue weighted by Gasteiger charge is 2.11. The molecule has 0 radical (unpaired) electrons. The summed E-state index contributed by atoms with van der Waals surface area (Å²) < 4.78 is 1.30. The van der Waals surface area contributed by atoms with E-state index in [0.29, 0.717) is 5.03 Å². The molecule has 0 spiro atoms. The molecule has 1 amide bonds. The van der Waals surface area contributed by atoms with E-state index in [9.17, 15) is 4.79 Å². The van der Waals surface area contributed by atoms with Gasteiger partial charge in [-0.25, -0.2) is 0 Å². The summed E-state index contributed by atoms with van der Waals surface area (Å²) in [5.74, 6) is -0.109. The minimum Gasteiger partial charge on any atom is -0.274 e. The number of carbonyl (C=O) groups is 1. The van der Waals surface area contributed by atoms with Crippen LogP contribution in [0, 0.1) is 0 Å². The van der Waals surface area contributed by atoms with Crippen LogP contribution in [0.25, 0.3) is 0 Å². The molecule has 0 rings (SSSR count). The van der Waals surface area contributed by atoms with Crippen molar-refractivity contribution in [3.05, 3.63) is 10.7 Å². The van der Waals surface area contributed by atoms with Gasteiger partial charge in [0.15, 0.2) is 0 Å². The molecule has 0 bridgehead atoms. The summed E-state index contributed by atoms with van der Waals surface area (Å²) in [5.41, 5.74) is 0.787. The van der Waals surface area contributed by atoms with Crippen LogP contribution in [0.2, 0.25) is 0 Å². The molecule has 0 aliphatic heterocycles. The van der Waals surface area contributed by atoms with Gasteiger partial charge in [-0.3, -0.25) is 9.10 Å². The third-order valence-electron chi connectivity index (χ3n) is 1.51. The van der Waals surface area contributed by atoms with E-state index in [1.807, 2.05) is 13.8 Å². The predicted molar refractivity (Wildman–Crippen MR) is 55.0 cm³/mol. The van der Waals surface area contributed by atoms with E-state index >= 15 is 0 Å². The molecule has 2 nitrogen and oxygen atoms in total. The summed E-state index contributed by atoms with van der Waals surface area (Å²) in [6, 6.07) is 0. The smallest absolute Gasteiger partial charge is 0.233 e. The van der Waals surface area contributed by atoms with Crippen molar-refractivity contribution in [3.8, 4) is 0 Å². The van der Waals surface area contributed by atoms with Crippen LogP contribution in [-0.2, 0) is 4.79 Å². The number of hydrogen-bond acceptors (Lipinski definition) is 2. The summed E-state index contributed by atoms with van der Waals surface area (Å²) in [7, 11) is 0. The van der Waals surface area contributed by atoms with Gasteiger partial charge in [0, 0.05) is 17.7 Å². The SMILES string of the molecule is CC/C(Cl)=C(/CC)N(S)C(C)=O. The summed E-state index contributed by atoms with van der Waals surface area (Å²) >= 11 is 9.94. The average molecular weight is 208 g/mol. The van der Waals surface area contributed by atoms with Gasteiger partial charge in [-0.15, -0.1) is 0 Å². The molecule has 0 unspecified atom stereocenters. The molecule has 70 valence electrons. The number of allylic oxidation sites excluding steroid dienone is 2. The fourth-order valence-corrected chi connectivity index (χ4v) is 1.39. The van der Waals surface area contributed by atoms with E-state index in [4.69, 9.17) is 11.6 Å². The second-order valence-electron chi connectivity index (χ2n) is 2.39. The zero-order valence-corrected chi connectivity index (χ0v) is 9.25. The van der Waals surface area contributed by atoms with Gasteiger partial charge in [0.25, 0.3) is 0 Å². The van der Waals surface area contributed by atoms with Crippen molar-refractivity contribution in [3.63, 3.8) is 0 Å². The Bertz CT molecular complexity index is 203. The summed E-state index contributed by atoms with van der Waals surface area (Å²) in [6.45, 7) is 5.35. The van der Waals surface area contributed by atoms with Crippen LogP contribution in [0.5, 0.6) is 0 Å². The highest BCUT2D eigenvalue weighted by atomic mass is 35.5. The molecular formula is C8H14ClNOS. The first kappa shape index (κ1) is 11.8. The van der Waals surface area contributed by atoms with Crippen LogP contribution >= 0.6 is 24.4 Å². The Morgan fingerprint density at radius 2 is 1.92 bits per heavy atom. The van der Waals surface area contributed by atoms with Crippen LogP contribution in [0.3, 0.4) is 0 Å². The Balaban J connectivity index is 4.66. The molecule has 0 aliphatic rings. The molecule has 12 heavy (non-hydrogen) atoms. The maximum atomic E-state index is 10.9. The van der Waals surface area contributed by atoms with Crippen molar-refractivity contribution in [2.45, 2.75) is 33.6 Å². The van der Waals surface area contributed by atoms with Crippen molar-refractivity contribution in [2.24, 2.45) is 0 Å². The van der Waals surface area contributed by atoms with Gasteiger partial charge in [0.1, 0.15) is 0 Å². The maximum absolute atomic E-state index is 10.9. The highest BCUT2D eigenvalue weighted by Crippen LogP contribution is 2.21. The Hall–Kier alpha value is -0.150. The molecular weight excluding hydrogens is 194 g/mol. The van der Waals surface area contributed by atoms with Crippen molar-refractivity contribution in [1.29, 1.82) is 0 Å². The second kappa shape index (κ2) is 5.49. The van der Waals surface area contributed by atoms with E-state index in [1.165, 1.54) is 11.2 Å². The van der Waals surface area contributed by atoms with Crippen molar-refractivity contribution < 1.29 is 4.79 Å². The number of nitrogens with zero attached hydrogens (tertiary/aromatic N) is 1. The molecule has 0 atom stereocenters. The maximum Gasteiger partial charge on any atom is 0.233 e. The normalized spacial score (nSPS) is 12.4. The van der Waals surface area contributed by atoms with E-state index in [-0.39, 0.29) is 5.91 Å². The largest absolute Gasteiger partial charge is 0.274 e. The molecule has 0 aromatic carbocycles. The van der Waals surface area contributed by atoms with Gasteiger partial charge in [-0.05, 0) is 12.8 Å². The summed E-state index contributed by atoms with van der Waals surface area (Å²) in [6.07, 6.45) is 1.45. The van der Waals surface area contributed by atoms with E-state index < -0.39 is 0 Å². The molecule has 0 saturated carbocycles. The zero-order valence-electron chi connectivity index (χ0n) is 7.59. The van der Waals surface area contributed by atoms with Gasteiger partial charge in [-0.1, -0.05) is 38.3 Å². The number of carbonyl (C=O) groups excluding carboxylic acids is 1. The topological polar surface area (TPSA) is 20.3 Å². The van der Waals surface area contributed by atoms with Gasteiger partial charge in [0.2, 0.25) is 5.91 Å². The van der Waals surface area contributed by atoms with Crippen molar-refractivity contribution in [1.82, 2.24) is 4.31 Å². The first-order chi connectivity index (χ1) is 5.54. The first-order valence-electron chi connectivity index (χ1n) is 3.91. The molecule has 0 fully saturated rings. The highest BCUT2D eigenvalue weighted by molar-refractivity contribution is 7.78. The van der Waals surface area contributed by atoms with Crippen molar-refractivity contribution in [2.75, 3.05) is 0 Å². The number of halogens is 1. The summed E-state index contributed by atoms with van der Waals surface area (Å²) in [4.78, 5) is 10.9. The van der Waals surface area contributed by atoms with Gasteiger partial charge in [0.05, 0.1) is 0 Å². The first-order valence-corrected chi connectivity index (χ1v) is 4.69. The molecule has 0 aromatic heterocycles. The lowest BCUT2D eigenvalue weighted by atomic mass is 10.3. The molecule has 0 N–H and O–H groups in total. The Morgan fingerprint density at radius 1 is 1.42 bits per heavy atom. The molecule has 0 saturated heterocycles. The second-order valence-corrected chi connectivity index (χ2v) is 3.25. The quantitative estimate of drug-likeness (QED) is 0.706. The average Bonchev–Trinajstić information content (AvgIpc) is 2.05. The van der Waals surface area contributed by atoms with Crippen LogP contribution in [0.4, 0.5) is 0 Å². The minimum atomic E-state index is -0.109. The molecule has 0 aliphatic carbocycles.